The standard InChI is InChI=1S/C14H16BrN3/c1-3-17-12-7-13(9-16-8-12)18-14-5-4-11(15)6-10(14)2/h4-9,17-18H,3H2,1-2H3. The van der Waals surface area contributed by atoms with Crippen molar-refractivity contribution < 1.29 is 0 Å². The molecule has 0 aliphatic rings. The maximum atomic E-state index is 4.21. The van der Waals surface area contributed by atoms with Gasteiger partial charge in [0.05, 0.1) is 23.8 Å². The highest BCUT2D eigenvalue weighted by Crippen LogP contribution is 2.24. The summed E-state index contributed by atoms with van der Waals surface area (Å²) in [6.45, 7) is 5.04. The van der Waals surface area contributed by atoms with Crippen molar-refractivity contribution in [3.05, 3.63) is 46.7 Å². The van der Waals surface area contributed by atoms with E-state index in [0.717, 1.165) is 28.1 Å². The average Bonchev–Trinajstić information content (AvgIpc) is 2.34. The van der Waals surface area contributed by atoms with Crippen LogP contribution in [0, 0.1) is 6.92 Å². The number of nitrogens with one attached hydrogen (secondary N) is 2. The quantitative estimate of drug-likeness (QED) is 0.883. The van der Waals surface area contributed by atoms with Crippen molar-refractivity contribution in [3.63, 3.8) is 0 Å². The molecule has 0 atom stereocenters. The number of anilines is 3. The number of benzene rings is 1. The van der Waals surface area contributed by atoms with Crippen molar-refractivity contribution >= 4 is 33.0 Å². The van der Waals surface area contributed by atoms with Crippen LogP contribution in [-0.4, -0.2) is 11.5 Å². The Morgan fingerprint density at radius 1 is 1.17 bits per heavy atom. The molecule has 1 aromatic heterocycles. The Morgan fingerprint density at radius 2 is 1.94 bits per heavy atom. The highest BCUT2D eigenvalue weighted by Gasteiger charge is 2.01. The lowest BCUT2D eigenvalue weighted by Crippen LogP contribution is -1.99. The van der Waals surface area contributed by atoms with Crippen LogP contribution in [0.3, 0.4) is 0 Å². The Morgan fingerprint density at radius 3 is 2.67 bits per heavy atom. The number of rotatable bonds is 4. The number of nitrogens with zero attached hydrogens (tertiary/aromatic N) is 1. The average molecular weight is 306 g/mol. The Kier molecular flexibility index (Phi) is 4.20. The van der Waals surface area contributed by atoms with Gasteiger partial charge in [-0.3, -0.25) is 4.98 Å². The van der Waals surface area contributed by atoms with Gasteiger partial charge in [-0.2, -0.15) is 0 Å². The van der Waals surface area contributed by atoms with Gasteiger partial charge in [-0.05, 0) is 43.7 Å². The molecular weight excluding hydrogens is 290 g/mol. The fraction of sp³-hybridized carbons (Fsp3) is 0.214. The Labute approximate surface area is 116 Å². The molecule has 0 fully saturated rings. The third-order valence-corrected chi connectivity index (χ3v) is 3.08. The molecular formula is C14H16BrN3. The number of pyridine rings is 1. The summed E-state index contributed by atoms with van der Waals surface area (Å²) in [5.74, 6) is 0. The number of aryl methyl sites for hydroxylation is 1. The highest BCUT2D eigenvalue weighted by molar-refractivity contribution is 9.10. The van der Waals surface area contributed by atoms with E-state index in [1.54, 1.807) is 0 Å². The van der Waals surface area contributed by atoms with E-state index in [2.05, 4.69) is 63.6 Å². The lowest BCUT2D eigenvalue weighted by Gasteiger charge is -2.11. The predicted molar refractivity (Wildman–Crippen MR) is 80.6 cm³/mol. The predicted octanol–water partition coefficient (Wildman–Crippen LogP) is 4.33. The van der Waals surface area contributed by atoms with Gasteiger partial charge >= 0.3 is 0 Å². The third kappa shape index (κ3) is 3.23. The maximum absolute atomic E-state index is 4.21. The number of aromatic nitrogens is 1. The first kappa shape index (κ1) is 12.9. The molecule has 18 heavy (non-hydrogen) atoms. The summed E-state index contributed by atoms with van der Waals surface area (Å²) in [7, 11) is 0. The molecule has 2 N–H and O–H groups in total. The van der Waals surface area contributed by atoms with Crippen molar-refractivity contribution in [3.8, 4) is 0 Å². The first-order chi connectivity index (χ1) is 8.69. The minimum Gasteiger partial charge on any atom is -0.384 e. The summed E-state index contributed by atoms with van der Waals surface area (Å²) in [4.78, 5) is 4.21. The molecule has 1 aromatic carbocycles. The van der Waals surface area contributed by atoms with Gasteiger partial charge in [0.15, 0.2) is 0 Å². The zero-order chi connectivity index (χ0) is 13.0. The molecule has 0 spiro atoms. The summed E-state index contributed by atoms with van der Waals surface area (Å²) in [6, 6.07) is 8.22. The van der Waals surface area contributed by atoms with Gasteiger partial charge in [0.25, 0.3) is 0 Å². The van der Waals surface area contributed by atoms with Gasteiger partial charge < -0.3 is 10.6 Å². The van der Waals surface area contributed by atoms with Crippen LogP contribution in [-0.2, 0) is 0 Å². The summed E-state index contributed by atoms with van der Waals surface area (Å²) >= 11 is 3.46. The van der Waals surface area contributed by atoms with Gasteiger partial charge in [0, 0.05) is 16.7 Å². The summed E-state index contributed by atoms with van der Waals surface area (Å²) in [5, 5.41) is 6.62. The molecule has 1 heterocycles. The van der Waals surface area contributed by atoms with E-state index >= 15 is 0 Å². The first-order valence-corrected chi connectivity index (χ1v) is 6.70. The molecule has 0 radical (unpaired) electrons. The summed E-state index contributed by atoms with van der Waals surface area (Å²) < 4.78 is 1.09. The molecule has 0 aliphatic heterocycles. The van der Waals surface area contributed by atoms with Crippen LogP contribution in [0.4, 0.5) is 17.1 Å². The normalized spacial score (nSPS) is 10.2. The maximum Gasteiger partial charge on any atom is 0.0591 e. The molecule has 0 saturated carbocycles. The molecule has 2 rings (SSSR count). The van der Waals surface area contributed by atoms with Crippen LogP contribution in [0.5, 0.6) is 0 Å². The molecule has 2 aromatic rings. The van der Waals surface area contributed by atoms with Crippen molar-refractivity contribution in [1.82, 2.24) is 4.98 Å². The van der Waals surface area contributed by atoms with E-state index in [9.17, 15) is 0 Å². The molecule has 94 valence electrons. The summed E-state index contributed by atoms with van der Waals surface area (Å²) in [5.41, 5.74) is 4.29. The van der Waals surface area contributed by atoms with Crippen LogP contribution in [0.15, 0.2) is 41.1 Å². The molecule has 0 aliphatic carbocycles. The van der Waals surface area contributed by atoms with E-state index in [0.29, 0.717) is 0 Å². The fourth-order valence-electron chi connectivity index (χ4n) is 1.73. The Hall–Kier alpha value is -1.55. The van der Waals surface area contributed by atoms with E-state index in [4.69, 9.17) is 0 Å². The van der Waals surface area contributed by atoms with Gasteiger partial charge in [0.1, 0.15) is 0 Å². The van der Waals surface area contributed by atoms with Crippen LogP contribution in [0.1, 0.15) is 12.5 Å². The Bertz CT molecular complexity index is 540. The van der Waals surface area contributed by atoms with Crippen LogP contribution in [0.25, 0.3) is 0 Å². The second-order valence-electron chi connectivity index (χ2n) is 4.08. The van der Waals surface area contributed by atoms with Crippen LogP contribution in [0.2, 0.25) is 0 Å². The van der Waals surface area contributed by atoms with Crippen molar-refractivity contribution in [2.75, 3.05) is 17.2 Å². The largest absolute Gasteiger partial charge is 0.384 e. The molecule has 0 bridgehead atoms. The molecule has 4 heteroatoms. The van der Waals surface area contributed by atoms with Crippen molar-refractivity contribution in [1.29, 1.82) is 0 Å². The van der Waals surface area contributed by atoms with Crippen LogP contribution < -0.4 is 10.6 Å². The SMILES string of the molecule is CCNc1cncc(Nc2ccc(Br)cc2C)c1. The highest BCUT2D eigenvalue weighted by atomic mass is 79.9. The van der Waals surface area contributed by atoms with E-state index < -0.39 is 0 Å². The second kappa shape index (κ2) is 5.87. The van der Waals surface area contributed by atoms with E-state index in [-0.39, 0.29) is 0 Å². The lowest BCUT2D eigenvalue weighted by molar-refractivity contribution is 1.19. The lowest BCUT2D eigenvalue weighted by atomic mass is 10.2. The van der Waals surface area contributed by atoms with E-state index in [1.165, 1.54) is 5.56 Å². The van der Waals surface area contributed by atoms with Crippen LogP contribution >= 0.6 is 15.9 Å². The molecule has 0 saturated heterocycles. The summed E-state index contributed by atoms with van der Waals surface area (Å²) in [6.07, 6.45) is 3.64. The number of hydrogen-bond donors (Lipinski definition) is 2. The van der Waals surface area contributed by atoms with Gasteiger partial charge in [-0.25, -0.2) is 0 Å². The number of halogens is 1. The van der Waals surface area contributed by atoms with Gasteiger partial charge in [-0.15, -0.1) is 0 Å². The second-order valence-corrected chi connectivity index (χ2v) is 4.99. The monoisotopic (exact) mass is 305 g/mol. The zero-order valence-electron chi connectivity index (χ0n) is 10.5. The zero-order valence-corrected chi connectivity index (χ0v) is 12.1. The fourth-order valence-corrected chi connectivity index (χ4v) is 2.21. The Balaban J connectivity index is 2.20. The minimum absolute atomic E-state index is 0.891. The molecule has 3 nitrogen and oxygen atoms in total. The molecule has 0 unspecified atom stereocenters. The van der Waals surface area contributed by atoms with Gasteiger partial charge in [-0.1, -0.05) is 15.9 Å². The molecule has 0 amide bonds. The topological polar surface area (TPSA) is 37.0 Å². The smallest absolute Gasteiger partial charge is 0.0591 e. The first-order valence-electron chi connectivity index (χ1n) is 5.91. The number of hydrogen-bond acceptors (Lipinski definition) is 3. The van der Waals surface area contributed by atoms with E-state index in [1.807, 2.05) is 18.5 Å². The van der Waals surface area contributed by atoms with Crippen molar-refractivity contribution in [2.24, 2.45) is 0 Å². The third-order valence-electron chi connectivity index (χ3n) is 2.59. The van der Waals surface area contributed by atoms with Crippen molar-refractivity contribution in [2.45, 2.75) is 13.8 Å². The van der Waals surface area contributed by atoms with Gasteiger partial charge in [0.2, 0.25) is 0 Å². The minimum atomic E-state index is 0.891.